The fourth-order valence-corrected chi connectivity index (χ4v) is 3.10. The summed E-state index contributed by atoms with van der Waals surface area (Å²) in [5.41, 5.74) is 1.59. The molecule has 1 aromatic heterocycles. The third kappa shape index (κ3) is 2.79. The van der Waals surface area contributed by atoms with Crippen molar-refractivity contribution in [2.24, 2.45) is 0 Å². The van der Waals surface area contributed by atoms with Gasteiger partial charge in [0.25, 0.3) is 5.91 Å². The maximum absolute atomic E-state index is 12.7. The molecule has 3 aromatic rings. The third-order valence-electron chi connectivity index (χ3n) is 4.46. The average molecular weight is 350 g/mol. The van der Waals surface area contributed by atoms with Gasteiger partial charge in [-0.15, -0.1) is 0 Å². The van der Waals surface area contributed by atoms with Gasteiger partial charge in [-0.2, -0.15) is 0 Å². The highest BCUT2D eigenvalue weighted by molar-refractivity contribution is 5.97. The minimum atomic E-state index is -0.388. The van der Waals surface area contributed by atoms with Crippen LogP contribution in [-0.4, -0.2) is 17.3 Å². The summed E-state index contributed by atoms with van der Waals surface area (Å²) in [6, 6.07) is 12.8. The van der Waals surface area contributed by atoms with Crippen molar-refractivity contribution in [1.29, 1.82) is 0 Å². The summed E-state index contributed by atoms with van der Waals surface area (Å²) in [6.07, 6.45) is 1.62. The van der Waals surface area contributed by atoms with Gasteiger partial charge in [0.15, 0.2) is 11.5 Å². The zero-order valence-electron chi connectivity index (χ0n) is 14.3. The highest BCUT2D eigenvalue weighted by atomic mass is 16.7. The van der Waals surface area contributed by atoms with Crippen LogP contribution in [0.1, 0.15) is 22.8 Å². The summed E-state index contributed by atoms with van der Waals surface area (Å²) in [6.45, 7) is 3.15. The lowest BCUT2D eigenvalue weighted by atomic mass is 10.1. The summed E-state index contributed by atoms with van der Waals surface area (Å²) in [5, 5.41) is 3.36. The van der Waals surface area contributed by atoms with Crippen LogP contribution in [0.4, 0.5) is 0 Å². The van der Waals surface area contributed by atoms with Gasteiger partial charge < -0.3 is 19.4 Å². The van der Waals surface area contributed by atoms with Crippen molar-refractivity contribution >= 4 is 16.8 Å². The molecule has 132 valence electrons. The quantitative estimate of drug-likeness (QED) is 0.785. The SMILES string of the molecule is CCn1cc(C(=O)NCc2ccc3c(c2)OCO3)c(=O)c2ccccc21. The largest absolute Gasteiger partial charge is 0.454 e. The van der Waals surface area contributed by atoms with Gasteiger partial charge in [0.05, 0.1) is 5.52 Å². The fraction of sp³-hybridized carbons (Fsp3) is 0.200. The molecule has 2 aromatic carbocycles. The molecule has 6 nitrogen and oxygen atoms in total. The molecule has 2 heterocycles. The second-order valence-electron chi connectivity index (χ2n) is 6.05. The molecule has 6 heteroatoms. The fourth-order valence-electron chi connectivity index (χ4n) is 3.10. The molecular formula is C20H18N2O4. The number of hydrogen-bond donors (Lipinski definition) is 1. The maximum atomic E-state index is 12.7. The van der Waals surface area contributed by atoms with Gasteiger partial charge in [-0.25, -0.2) is 0 Å². The Labute approximate surface area is 150 Å². The summed E-state index contributed by atoms with van der Waals surface area (Å²) >= 11 is 0. The second-order valence-corrected chi connectivity index (χ2v) is 6.05. The van der Waals surface area contributed by atoms with E-state index in [-0.39, 0.29) is 23.7 Å². The first-order valence-corrected chi connectivity index (χ1v) is 8.46. The van der Waals surface area contributed by atoms with Crippen LogP contribution in [0, 0.1) is 0 Å². The molecule has 0 fully saturated rings. The van der Waals surface area contributed by atoms with Crippen molar-refractivity contribution in [3.8, 4) is 11.5 Å². The van der Waals surface area contributed by atoms with E-state index >= 15 is 0 Å². The lowest BCUT2D eigenvalue weighted by Crippen LogP contribution is -2.29. The Hall–Kier alpha value is -3.28. The number of fused-ring (bicyclic) bond motifs is 2. The van der Waals surface area contributed by atoms with Crippen molar-refractivity contribution in [3.63, 3.8) is 0 Å². The van der Waals surface area contributed by atoms with Crippen LogP contribution in [0.5, 0.6) is 11.5 Å². The van der Waals surface area contributed by atoms with Crippen molar-refractivity contribution in [2.45, 2.75) is 20.0 Å². The number of hydrogen-bond acceptors (Lipinski definition) is 4. The van der Waals surface area contributed by atoms with Crippen molar-refractivity contribution < 1.29 is 14.3 Å². The molecule has 0 bridgehead atoms. The molecule has 1 amide bonds. The molecule has 0 saturated heterocycles. The Bertz CT molecular complexity index is 1060. The van der Waals surface area contributed by atoms with Gasteiger partial charge in [-0.1, -0.05) is 18.2 Å². The van der Waals surface area contributed by atoms with Crippen molar-refractivity contribution in [2.75, 3.05) is 6.79 Å². The normalized spacial score (nSPS) is 12.3. The Kier molecular flexibility index (Phi) is 4.08. The van der Waals surface area contributed by atoms with E-state index in [1.807, 2.05) is 41.8 Å². The number of carbonyl (C=O) groups excluding carboxylic acids is 1. The minimum absolute atomic E-state index is 0.145. The number of aryl methyl sites for hydroxylation is 1. The predicted molar refractivity (Wildman–Crippen MR) is 97.6 cm³/mol. The zero-order chi connectivity index (χ0) is 18.1. The highest BCUT2D eigenvalue weighted by Crippen LogP contribution is 2.32. The Morgan fingerprint density at radius 2 is 1.96 bits per heavy atom. The van der Waals surface area contributed by atoms with E-state index in [4.69, 9.17) is 9.47 Å². The number of rotatable bonds is 4. The summed E-state index contributed by atoms with van der Waals surface area (Å²) in [7, 11) is 0. The molecule has 4 rings (SSSR count). The van der Waals surface area contributed by atoms with E-state index < -0.39 is 0 Å². The van der Waals surface area contributed by atoms with Gasteiger partial charge in [-0.05, 0) is 36.8 Å². The number of nitrogens with one attached hydrogen (secondary N) is 1. The minimum Gasteiger partial charge on any atom is -0.454 e. The van der Waals surface area contributed by atoms with E-state index in [2.05, 4.69) is 5.32 Å². The molecule has 0 unspecified atom stereocenters. The Morgan fingerprint density at radius 1 is 1.15 bits per heavy atom. The van der Waals surface area contributed by atoms with E-state index in [1.54, 1.807) is 18.3 Å². The molecule has 1 aliphatic heterocycles. The molecule has 0 spiro atoms. The standard InChI is InChI=1S/C20H18N2O4/c1-2-22-11-15(19(23)14-5-3-4-6-16(14)22)20(24)21-10-13-7-8-17-18(9-13)26-12-25-17/h3-9,11H,2,10,12H2,1H3,(H,21,24). The predicted octanol–water partition coefficient (Wildman–Crippen LogP) is 2.68. The monoisotopic (exact) mass is 350 g/mol. The van der Waals surface area contributed by atoms with Gasteiger partial charge >= 0.3 is 0 Å². The average Bonchev–Trinajstić information content (AvgIpc) is 3.14. The van der Waals surface area contributed by atoms with Gasteiger partial charge in [-0.3, -0.25) is 9.59 Å². The number of para-hydroxylation sites is 1. The van der Waals surface area contributed by atoms with Crippen molar-refractivity contribution in [3.05, 3.63) is 70.0 Å². The van der Waals surface area contributed by atoms with Gasteiger partial charge in [0.1, 0.15) is 5.56 Å². The van der Waals surface area contributed by atoms with Crippen LogP contribution in [-0.2, 0) is 13.1 Å². The Morgan fingerprint density at radius 3 is 2.81 bits per heavy atom. The highest BCUT2D eigenvalue weighted by Gasteiger charge is 2.16. The maximum Gasteiger partial charge on any atom is 0.257 e. The third-order valence-corrected chi connectivity index (χ3v) is 4.46. The van der Waals surface area contributed by atoms with E-state index in [0.717, 1.165) is 11.1 Å². The number of nitrogens with zero attached hydrogens (tertiary/aromatic N) is 1. The summed E-state index contributed by atoms with van der Waals surface area (Å²) < 4.78 is 12.5. The number of benzene rings is 2. The molecule has 1 aliphatic rings. The van der Waals surface area contributed by atoms with E-state index in [0.29, 0.717) is 30.0 Å². The van der Waals surface area contributed by atoms with Crippen LogP contribution in [0.15, 0.2) is 53.5 Å². The molecular weight excluding hydrogens is 332 g/mol. The molecule has 0 radical (unpaired) electrons. The van der Waals surface area contributed by atoms with Crippen LogP contribution >= 0.6 is 0 Å². The van der Waals surface area contributed by atoms with E-state index in [1.165, 1.54) is 0 Å². The zero-order valence-corrected chi connectivity index (χ0v) is 14.3. The van der Waals surface area contributed by atoms with Gasteiger partial charge in [0.2, 0.25) is 12.2 Å². The smallest absolute Gasteiger partial charge is 0.257 e. The first-order valence-electron chi connectivity index (χ1n) is 8.46. The van der Waals surface area contributed by atoms with Crippen LogP contribution in [0.25, 0.3) is 10.9 Å². The molecule has 0 aliphatic carbocycles. The van der Waals surface area contributed by atoms with Crippen LogP contribution in [0.2, 0.25) is 0 Å². The second kappa shape index (κ2) is 6.55. The van der Waals surface area contributed by atoms with E-state index in [9.17, 15) is 9.59 Å². The first kappa shape index (κ1) is 16.2. The number of aromatic nitrogens is 1. The molecule has 0 atom stereocenters. The summed E-state index contributed by atoms with van der Waals surface area (Å²) in [5.74, 6) is 0.969. The lowest BCUT2D eigenvalue weighted by molar-refractivity contribution is 0.0949. The van der Waals surface area contributed by atoms with Crippen LogP contribution in [0.3, 0.4) is 0 Å². The molecule has 1 N–H and O–H groups in total. The first-order chi connectivity index (χ1) is 12.7. The molecule has 26 heavy (non-hydrogen) atoms. The lowest BCUT2D eigenvalue weighted by Gasteiger charge is -2.12. The number of ether oxygens (including phenoxy) is 2. The number of amides is 1. The topological polar surface area (TPSA) is 69.6 Å². The number of carbonyl (C=O) groups is 1. The van der Waals surface area contributed by atoms with Crippen LogP contribution < -0.4 is 20.2 Å². The van der Waals surface area contributed by atoms with Crippen molar-refractivity contribution in [1.82, 2.24) is 9.88 Å². The molecule has 0 saturated carbocycles. The summed E-state index contributed by atoms with van der Waals surface area (Å²) in [4.78, 5) is 25.3. The number of pyridine rings is 1. The Balaban J connectivity index is 1.60. The van der Waals surface area contributed by atoms with Gasteiger partial charge in [0, 0.05) is 24.7 Å².